The molecule has 0 saturated heterocycles. The first-order chi connectivity index (χ1) is 6.40. The molecule has 1 aromatic carbocycles. The first kappa shape index (κ1) is 8.42. The van der Waals surface area contributed by atoms with Gasteiger partial charge in [-0.2, -0.15) is 0 Å². The molecule has 13 heavy (non-hydrogen) atoms. The summed E-state index contributed by atoms with van der Waals surface area (Å²) in [5.74, 6) is 0.981. The van der Waals surface area contributed by atoms with Gasteiger partial charge in [-0.1, -0.05) is 13.0 Å². The van der Waals surface area contributed by atoms with Gasteiger partial charge in [0.05, 0.1) is 6.61 Å². The quantitative estimate of drug-likeness (QED) is 0.765. The van der Waals surface area contributed by atoms with Crippen molar-refractivity contribution in [2.45, 2.75) is 19.8 Å². The van der Waals surface area contributed by atoms with Crippen molar-refractivity contribution >= 4 is 5.69 Å². The normalized spacial score (nSPS) is 13.6. The molecule has 2 nitrogen and oxygen atoms in total. The van der Waals surface area contributed by atoms with E-state index in [1.807, 2.05) is 0 Å². The summed E-state index contributed by atoms with van der Waals surface area (Å²) < 4.78 is 5.54. The van der Waals surface area contributed by atoms with Crippen molar-refractivity contribution in [3.8, 4) is 5.75 Å². The maximum atomic E-state index is 5.54. The Morgan fingerprint density at radius 2 is 2.38 bits per heavy atom. The van der Waals surface area contributed by atoms with E-state index in [2.05, 4.69) is 30.4 Å². The van der Waals surface area contributed by atoms with Crippen LogP contribution in [0.3, 0.4) is 0 Å². The maximum absolute atomic E-state index is 5.54. The van der Waals surface area contributed by atoms with Crippen molar-refractivity contribution in [3.05, 3.63) is 23.8 Å². The third kappa shape index (κ3) is 1.77. The molecule has 2 rings (SSSR count). The molecule has 0 fully saturated rings. The zero-order valence-corrected chi connectivity index (χ0v) is 7.97. The van der Waals surface area contributed by atoms with Crippen LogP contribution in [-0.4, -0.2) is 13.2 Å². The van der Waals surface area contributed by atoms with E-state index in [4.69, 9.17) is 4.74 Å². The highest BCUT2D eigenvalue weighted by Gasteiger charge is 2.09. The third-order valence-corrected chi connectivity index (χ3v) is 2.26. The SMILES string of the molecule is CCCOc1ccc2c(c1)NCC2. The summed E-state index contributed by atoms with van der Waals surface area (Å²) >= 11 is 0. The van der Waals surface area contributed by atoms with Gasteiger partial charge >= 0.3 is 0 Å². The van der Waals surface area contributed by atoms with Gasteiger partial charge in [-0.3, -0.25) is 0 Å². The van der Waals surface area contributed by atoms with Crippen LogP contribution in [0.2, 0.25) is 0 Å². The van der Waals surface area contributed by atoms with Crippen molar-refractivity contribution in [2.75, 3.05) is 18.5 Å². The molecule has 0 amide bonds. The minimum atomic E-state index is 0.804. The van der Waals surface area contributed by atoms with Crippen LogP contribution < -0.4 is 10.1 Å². The molecule has 0 saturated carbocycles. The van der Waals surface area contributed by atoms with Crippen LogP contribution in [0.1, 0.15) is 18.9 Å². The molecular formula is C11H15NO. The van der Waals surface area contributed by atoms with E-state index in [9.17, 15) is 0 Å². The Labute approximate surface area is 78.9 Å². The second-order valence-electron chi connectivity index (χ2n) is 3.34. The molecule has 1 aliphatic heterocycles. The minimum absolute atomic E-state index is 0.804. The van der Waals surface area contributed by atoms with Gasteiger partial charge in [0.2, 0.25) is 0 Å². The van der Waals surface area contributed by atoms with Gasteiger partial charge in [0.15, 0.2) is 0 Å². The van der Waals surface area contributed by atoms with Gasteiger partial charge in [0, 0.05) is 18.3 Å². The van der Waals surface area contributed by atoms with Crippen LogP contribution in [0, 0.1) is 0 Å². The fraction of sp³-hybridized carbons (Fsp3) is 0.455. The molecule has 70 valence electrons. The third-order valence-electron chi connectivity index (χ3n) is 2.26. The Balaban J connectivity index is 2.12. The molecule has 0 aromatic heterocycles. The van der Waals surface area contributed by atoms with Crippen molar-refractivity contribution in [3.63, 3.8) is 0 Å². The molecule has 0 radical (unpaired) electrons. The van der Waals surface area contributed by atoms with Gasteiger partial charge < -0.3 is 10.1 Å². The Bertz CT molecular complexity index is 296. The zero-order chi connectivity index (χ0) is 9.10. The molecule has 2 heteroatoms. The van der Waals surface area contributed by atoms with Crippen molar-refractivity contribution < 1.29 is 4.74 Å². The molecule has 1 N–H and O–H groups in total. The summed E-state index contributed by atoms with van der Waals surface area (Å²) in [6.07, 6.45) is 2.20. The van der Waals surface area contributed by atoms with E-state index in [1.54, 1.807) is 0 Å². The molecular weight excluding hydrogens is 162 g/mol. The number of benzene rings is 1. The van der Waals surface area contributed by atoms with E-state index in [0.717, 1.165) is 31.7 Å². The van der Waals surface area contributed by atoms with Gasteiger partial charge in [0.1, 0.15) is 5.75 Å². The molecule has 0 atom stereocenters. The standard InChI is InChI=1S/C11H15NO/c1-2-7-13-10-4-3-9-5-6-12-11(9)8-10/h3-4,8,12H,2,5-7H2,1H3. The summed E-state index contributed by atoms with van der Waals surface area (Å²) in [6, 6.07) is 6.31. The predicted octanol–water partition coefficient (Wildman–Crippen LogP) is 2.44. The molecule has 1 heterocycles. The molecule has 0 bridgehead atoms. The molecule has 1 aromatic rings. The fourth-order valence-corrected chi connectivity index (χ4v) is 1.58. The van der Waals surface area contributed by atoms with E-state index < -0.39 is 0 Å². The lowest BCUT2D eigenvalue weighted by Crippen LogP contribution is -1.95. The van der Waals surface area contributed by atoms with Gasteiger partial charge in [0.25, 0.3) is 0 Å². The second-order valence-corrected chi connectivity index (χ2v) is 3.34. The van der Waals surface area contributed by atoms with Gasteiger partial charge in [-0.25, -0.2) is 0 Å². The number of nitrogens with one attached hydrogen (secondary N) is 1. The van der Waals surface area contributed by atoms with Crippen molar-refractivity contribution in [1.29, 1.82) is 0 Å². The lowest BCUT2D eigenvalue weighted by Gasteiger charge is -2.06. The Hall–Kier alpha value is -1.18. The molecule has 1 aliphatic rings. The summed E-state index contributed by atoms with van der Waals surface area (Å²) in [7, 11) is 0. The summed E-state index contributed by atoms with van der Waals surface area (Å²) in [5, 5.41) is 3.34. The number of hydrogen-bond acceptors (Lipinski definition) is 2. The topological polar surface area (TPSA) is 21.3 Å². The Kier molecular flexibility index (Phi) is 2.39. The van der Waals surface area contributed by atoms with Crippen LogP contribution in [0.25, 0.3) is 0 Å². The van der Waals surface area contributed by atoms with Gasteiger partial charge in [-0.15, -0.1) is 0 Å². The lowest BCUT2D eigenvalue weighted by atomic mass is 10.1. The summed E-state index contributed by atoms with van der Waals surface area (Å²) in [6.45, 7) is 3.98. The highest BCUT2D eigenvalue weighted by atomic mass is 16.5. The van der Waals surface area contributed by atoms with E-state index in [1.165, 1.54) is 11.3 Å². The smallest absolute Gasteiger partial charge is 0.121 e. The number of anilines is 1. The van der Waals surface area contributed by atoms with Crippen molar-refractivity contribution in [2.24, 2.45) is 0 Å². The highest BCUT2D eigenvalue weighted by molar-refractivity contribution is 5.58. The minimum Gasteiger partial charge on any atom is -0.494 e. The van der Waals surface area contributed by atoms with E-state index in [0.29, 0.717) is 0 Å². The summed E-state index contributed by atoms with van der Waals surface area (Å²) in [5.41, 5.74) is 2.65. The van der Waals surface area contributed by atoms with Gasteiger partial charge in [-0.05, 0) is 24.5 Å². The van der Waals surface area contributed by atoms with E-state index in [-0.39, 0.29) is 0 Å². The maximum Gasteiger partial charge on any atom is 0.121 e. The van der Waals surface area contributed by atoms with Crippen LogP contribution in [0.4, 0.5) is 5.69 Å². The number of ether oxygens (including phenoxy) is 1. The highest BCUT2D eigenvalue weighted by Crippen LogP contribution is 2.26. The van der Waals surface area contributed by atoms with Crippen LogP contribution in [0.15, 0.2) is 18.2 Å². The van der Waals surface area contributed by atoms with Crippen LogP contribution in [0.5, 0.6) is 5.75 Å². The average molecular weight is 177 g/mol. The van der Waals surface area contributed by atoms with Crippen LogP contribution in [-0.2, 0) is 6.42 Å². The fourth-order valence-electron chi connectivity index (χ4n) is 1.58. The zero-order valence-electron chi connectivity index (χ0n) is 7.97. The monoisotopic (exact) mass is 177 g/mol. The first-order valence-electron chi connectivity index (χ1n) is 4.90. The largest absolute Gasteiger partial charge is 0.494 e. The molecule has 0 aliphatic carbocycles. The number of fused-ring (bicyclic) bond motifs is 1. The lowest BCUT2D eigenvalue weighted by molar-refractivity contribution is 0.317. The second kappa shape index (κ2) is 3.69. The average Bonchev–Trinajstić information content (AvgIpc) is 2.61. The number of hydrogen-bond donors (Lipinski definition) is 1. The predicted molar refractivity (Wildman–Crippen MR) is 54.4 cm³/mol. The van der Waals surface area contributed by atoms with Crippen molar-refractivity contribution in [1.82, 2.24) is 0 Å². The Morgan fingerprint density at radius 1 is 1.46 bits per heavy atom. The summed E-state index contributed by atoms with van der Waals surface area (Å²) in [4.78, 5) is 0. The van der Waals surface area contributed by atoms with Crippen LogP contribution >= 0.6 is 0 Å². The van der Waals surface area contributed by atoms with E-state index >= 15 is 0 Å². The molecule has 0 unspecified atom stereocenters. The number of rotatable bonds is 3. The Morgan fingerprint density at radius 3 is 3.23 bits per heavy atom. The molecule has 0 spiro atoms. The first-order valence-corrected chi connectivity index (χ1v) is 4.90.